The minimum atomic E-state index is -4.38. The van der Waals surface area contributed by atoms with Crippen molar-refractivity contribution in [1.29, 1.82) is 0 Å². The van der Waals surface area contributed by atoms with Crippen LogP contribution in [0.25, 0.3) is 0 Å². The highest BCUT2D eigenvalue weighted by atomic mass is 19.4. The van der Waals surface area contributed by atoms with Gasteiger partial charge in [0.1, 0.15) is 11.9 Å². The number of piperidine rings is 1. The number of carbonyl (C=O) groups is 1. The summed E-state index contributed by atoms with van der Waals surface area (Å²) in [4.78, 5) is 15.0. The Morgan fingerprint density at radius 2 is 1.45 bits per heavy atom. The van der Waals surface area contributed by atoms with Gasteiger partial charge in [0.25, 0.3) is 0 Å². The number of nitrogens with zero attached hydrogens (tertiary/aromatic N) is 1. The van der Waals surface area contributed by atoms with Gasteiger partial charge in [0.15, 0.2) is 5.78 Å². The fraction of sp³-hybridized carbons (Fsp3) is 0.296. The summed E-state index contributed by atoms with van der Waals surface area (Å²) < 4.78 is 44.8. The summed E-state index contributed by atoms with van der Waals surface area (Å²) >= 11 is 0. The van der Waals surface area contributed by atoms with Gasteiger partial charge >= 0.3 is 6.18 Å². The van der Waals surface area contributed by atoms with Crippen molar-refractivity contribution in [3.8, 4) is 5.75 Å². The molecular formula is C27H26F3NO2. The van der Waals surface area contributed by atoms with Crippen molar-refractivity contribution in [2.45, 2.75) is 25.1 Å². The molecule has 1 fully saturated rings. The number of hydrogen-bond donors (Lipinski definition) is 0. The Labute approximate surface area is 191 Å². The number of likely N-dealkylation sites (tertiary alicyclic amines) is 1. The summed E-state index contributed by atoms with van der Waals surface area (Å²) in [5.74, 6) is 0.594. The summed E-state index contributed by atoms with van der Waals surface area (Å²) in [6.07, 6.45) is -3.16. The summed E-state index contributed by atoms with van der Waals surface area (Å²) in [5, 5.41) is 0. The molecule has 0 bridgehead atoms. The highest BCUT2D eigenvalue weighted by molar-refractivity contribution is 5.97. The van der Waals surface area contributed by atoms with Crippen LogP contribution in [0.4, 0.5) is 13.2 Å². The molecule has 0 N–H and O–H groups in total. The molecular weight excluding hydrogens is 427 g/mol. The standard InChI is InChI=1S/C27H26F3NO2/c28-27(29,30)23-11-13-24(14-12-23)33-25(20-7-3-1-4-8-20)19-31-17-15-22(16-18-31)26(32)21-9-5-2-6-10-21/h1-14,22,25H,15-19H2. The minimum absolute atomic E-state index is 0.00894. The van der Waals surface area contributed by atoms with Gasteiger partial charge in [-0.3, -0.25) is 9.69 Å². The molecule has 1 aliphatic heterocycles. The molecule has 1 atom stereocenters. The van der Waals surface area contributed by atoms with Gasteiger partial charge in [-0.25, -0.2) is 0 Å². The lowest BCUT2D eigenvalue weighted by Gasteiger charge is -2.34. The summed E-state index contributed by atoms with van der Waals surface area (Å²) in [6.45, 7) is 2.13. The van der Waals surface area contributed by atoms with E-state index in [-0.39, 0.29) is 17.8 Å². The van der Waals surface area contributed by atoms with Crippen molar-refractivity contribution in [3.05, 3.63) is 102 Å². The quantitative estimate of drug-likeness (QED) is 0.387. The first-order valence-electron chi connectivity index (χ1n) is 11.1. The van der Waals surface area contributed by atoms with Gasteiger partial charge in [-0.15, -0.1) is 0 Å². The van der Waals surface area contributed by atoms with E-state index >= 15 is 0 Å². The van der Waals surface area contributed by atoms with Gasteiger partial charge in [0.05, 0.1) is 5.56 Å². The number of alkyl halides is 3. The van der Waals surface area contributed by atoms with Crippen molar-refractivity contribution in [2.75, 3.05) is 19.6 Å². The fourth-order valence-corrected chi connectivity index (χ4v) is 4.22. The Balaban J connectivity index is 1.41. The lowest BCUT2D eigenvalue weighted by molar-refractivity contribution is -0.137. The van der Waals surface area contributed by atoms with E-state index in [0.29, 0.717) is 12.3 Å². The number of carbonyl (C=O) groups excluding carboxylic acids is 1. The number of ketones is 1. The fourth-order valence-electron chi connectivity index (χ4n) is 4.22. The third-order valence-electron chi connectivity index (χ3n) is 6.07. The second kappa shape index (κ2) is 10.2. The highest BCUT2D eigenvalue weighted by Crippen LogP contribution is 2.32. The van der Waals surface area contributed by atoms with Gasteiger partial charge in [0.2, 0.25) is 0 Å². The van der Waals surface area contributed by atoms with Gasteiger partial charge in [-0.2, -0.15) is 13.2 Å². The van der Waals surface area contributed by atoms with Crippen LogP contribution in [-0.2, 0) is 6.18 Å². The van der Waals surface area contributed by atoms with Gasteiger partial charge in [-0.1, -0.05) is 60.7 Å². The molecule has 0 saturated carbocycles. The number of Topliss-reactive ketones (excluding diaryl/α,β-unsaturated/α-hetero) is 1. The number of benzene rings is 3. The molecule has 3 nitrogen and oxygen atoms in total. The number of ether oxygens (including phenoxy) is 1. The lowest BCUT2D eigenvalue weighted by Crippen LogP contribution is -2.39. The molecule has 0 spiro atoms. The van der Waals surface area contributed by atoms with E-state index in [9.17, 15) is 18.0 Å². The zero-order valence-electron chi connectivity index (χ0n) is 18.2. The van der Waals surface area contributed by atoms with Gasteiger partial charge < -0.3 is 4.74 Å². The topological polar surface area (TPSA) is 29.5 Å². The summed E-state index contributed by atoms with van der Waals surface area (Å²) in [6, 6.07) is 23.9. The van der Waals surface area contributed by atoms with Crippen LogP contribution in [0.1, 0.15) is 40.4 Å². The van der Waals surface area contributed by atoms with E-state index in [1.165, 1.54) is 12.1 Å². The van der Waals surface area contributed by atoms with E-state index in [0.717, 1.165) is 49.2 Å². The van der Waals surface area contributed by atoms with Crippen LogP contribution in [0, 0.1) is 5.92 Å². The monoisotopic (exact) mass is 453 g/mol. The average Bonchev–Trinajstić information content (AvgIpc) is 2.84. The third kappa shape index (κ3) is 6.02. The predicted molar refractivity (Wildman–Crippen MR) is 121 cm³/mol. The molecule has 0 radical (unpaired) electrons. The van der Waals surface area contributed by atoms with E-state index < -0.39 is 11.7 Å². The van der Waals surface area contributed by atoms with Gasteiger partial charge in [0, 0.05) is 18.0 Å². The first kappa shape index (κ1) is 23.1. The highest BCUT2D eigenvalue weighted by Gasteiger charge is 2.31. The maximum atomic E-state index is 12.9. The maximum absolute atomic E-state index is 12.9. The largest absolute Gasteiger partial charge is 0.484 e. The van der Waals surface area contributed by atoms with Crippen molar-refractivity contribution >= 4 is 5.78 Å². The van der Waals surface area contributed by atoms with Crippen LogP contribution in [0.2, 0.25) is 0 Å². The molecule has 172 valence electrons. The van der Waals surface area contributed by atoms with E-state index in [4.69, 9.17) is 4.74 Å². The Bertz CT molecular complexity index is 1030. The summed E-state index contributed by atoms with van der Waals surface area (Å²) in [5.41, 5.74) is 1.01. The average molecular weight is 454 g/mol. The SMILES string of the molecule is O=C(c1ccccc1)C1CCN(CC(Oc2ccc(C(F)(F)F)cc2)c2ccccc2)CC1. The van der Waals surface area contributed by atoms with E-state index in [1.54, 1.807) is 0 Å². The molecule has 0 aromatic heterocycles. The van der Waals surface area contributed by atoms with Crippen LogP contribution in [0.5, 0.6) is 5.75 Å². The Morgan fingerprint density at radius 3 is 2.03 bits per heavy atom. The van der Waals surface area contributed by atoms with E-state index in [1.807, 2.05) is 60.7 Å². The van der Waals surface area contributed by atoms with E-state index in [2.05, 4.69) is 4.90 Å². The molecule has 1 heterocycles. The second-order valence-electron chi connectivity index (χ2n) is 8.34. The van der Waals surface area contributed by atoms with Crippen molar-refractivity contribution in [1.82, 2.24) is 4.90 Å². The summed E-state index contributed by atoms with van der Waals surface area (Å²) in [7, 11) is 0. The zero-order chi connectivity index (χ0) is 23.3. The molecule has 33 heavy (non-hydrogen) atoms. The molecule has 1 unspecified atom stereocenters. The lowest BCUT2D eigenvalue weighted by atomic mass is 9.88. The molecule has 3 aromatic rings. The first-order chi connectivity index (χ1) is 15.9. The van der Waals surface area contributed by atoms with Crippen LogP contribution < -0.4 is 4.74 Å². The number of rotatable bonds is 7. The first-order valence-corrected chi connectivity index (χ1v) is 11.1. The molecule has 1 aliphatic rings. The molecule has 0 aliphatic carbocycles. The minimum Gasteiger partial charge on any atom is -0.484 e. The normalized spacial score (nSPS) is 16.3. The molecule has 0 amide bonds. The molecule has 6 heteroatoms. The predicted octanol–water partition coefficient (Wildman–Crippen LogP) is 6.42. The second-order valence-corrected chi connectivity index (χ2v) is 8.34. The zero-order valence-corrected chi connectivity index (χ0v) is 18.2. The van der Waals surface area contributed by atoms with Crippen LogP contribution >= 0.6 is 0 Å². The number of halogens is 3. The van der Waals surface area contributed by atoms with Crippen LogP contribution in [0.3, 0.4) is 0 Å². The van der Waals surface area contributed by atoms with Crippen molar-refractivity contribution in [2.24, 2.45) is 5.92 Å². The van der Waals surface area contributed by atoms with Crippen LogP contribution in [0.15, 0.2) is 84.9 Å². The van der Waals surface area contributed by atoms with Crippen molar-refractivity contribution in [3.63, 3.8) is 0 Å². The van der Waals surface area contributed by atoms with Gasteiger partial charge in [-0.05, 0) is 55.8 Å². The Morgan fingerprint density at radius 1 is 0.879 bits per heavy atom. The molecule has 3 aromatic carbocycles. The number of hydrogen-bond acceptors (Lipinski definition) is 3. The molecule has 4 rings (SSSR count). The van der Waals surface area contributed by atoms with Crippen molar-refractivity contribution < 1.29 is 22.7 Å². The molecule has 1 saturated heterocycles. The Kier molecular flexibility index (Phi) is 7.14. The maximum Gasteiger partial charge on any atom is 0.416 e. The third-order valence-corrected chi connectivity index (χ3v) is 6.07. The smallest absolute Gasteiger partial charge is 0.416 e. The Hall–Kier alpha value is -3.12. The van der Waals surface area contributed by atoms with Crippen LogP contribution in [-0.4, -0.2) is 30.3 Å².